The van der Waals surface area contributed by atoms with Gasteiger partial charge in [0.05, 0.1) is 18.9 Å². The van der Waals surface area contributed by atoms with E-state index >= 15 is 0 Å². The standard InChI is InChI=1S/C22H30N4O2/c1-27-21-9-3-2-7-18(21)15-25(17-20-8-6-14-28-20)16-19-10-11-23-22(24-19)26-12-4-5-13-26/h2-3,7,9-11,20H,4-6,8,12-17H2,1H3/t20-/m0/s1. The molecule has 2 fully saturated rings. The Bertz CT molecular complexity index is 758. The Hall–Kier alpha value is -2.18. The fourth-order valence-corrected chi connectivity index (χ4v) is 4.11. The lowest BCUT2D eigenvalue weighted by molar-refractivity contribution is 0.0672. The molecule has 0 radical (unpaired) electrons. The highest BCUT2D eigenvalue weighted by molar-refractivity contribution is 5.33. The van der Waals surface area contributed by atoms with E-state index in [0.717, 1.165) is 69.6 Å². The van der Waals surface area contributed by atoms with Crippen LogP contribution >= 0.6 is 0 Å². The summed E-state index contributed by atoms with van der Waals surface area (Å²) in [7, 11) is 1.73. The zero-order valence-corrected chi connectivity index (χ0v) is 16.7. The van der Waals surface area contributed by atoms with Crippen molar-refractivity contribution in [3.8, 4) is 5.75 Å². The first-order valence-corrected chi connectivity index (χ1v) is 10.3. The summed E-state index contributed by atoms with van der Waals surface area (Å²) in [4.78, 5) is 14.1. The number of aromatic nitrogens is 2. The Morgan fingerprint density at radius 1 is 1.14 bits per heavy atom. The summed E-state index contributed by atoms with van der Waals surface area (Å²) in [6, 6.07) is 10.3. The van der Waals surface area contributed by atoms with Crippen molar-refractivity contribution in [1.29, 1.82) is 0 Å². The van der Waals surface area contributed by atoms with E-state index in [1.807, 2.05) is 24.4 Å². The van der Waals surface area contributed by atoms with E-state index in [4.69, 9.17) is 14.5 Å². The summed E-state index contributed by atoms with van der Waals surface area (Å²) in [5.74, 6) is 1.80. The van der Waals surface area contributed by atoms with Crippen LogP contribution in [0.15, 0.2) is 36.5 Å². The number of ether oxygens (including phenoxy) is 2. The summed E-state index contributed by atoms with van der Waals surface area (Å²) in [6.07, 6.45) is 6.93. The first-order valence-electron chi connectivity index (χ1n) is 10.3. The normalized spacial score (nSPS) is 19.5. The van der Waals surface area contributed by atoms with Crippen molar-refractivity contribution in [3.05, 3.63) is 47.8 Å². The van der Waals surface area contributed by atoms with E-state index in [9.17, 15) is 0 Å². The van der Waals surface area contributed by atoms with Crippen molar-refractivity contribution in [1.82, 2.24) is 14.9 Å². The van der Waals surface area contributed by atoms with E-state index in [1.165, 1.54) is 18.4 Å². The van der Waals surface area contributed by atoms with Crippen LogP contribution in [0.5, 0.6) is 5.75 Å². The predicted octanol–water partition coefficient (Wildman–Crippen LogP) is 3.27. The highest BCUT2D eigenvalue weighted by atomic mass is 16.5. The second kappa shape index (κ2) is 9.34. The average molecular weight is 383 g/mol. The molecule has 0 amide bonds. The van der Waals surface area contributed by atoms with Crippen LogP contribution in [0.3, 0.4) is 0 Å². The van der Waals surface area contributed by atoms with Crippen LogP contribution in [0.2, 0.25) is 0 Å². The summed E-state index contributed by atoms with van der Waals surface area (Å²) in [6.45, 7) is 5.49. The molecule has 28 heavy (non-hydrogen) atoms. The van der Waals surface area contributed by atoms with Crippen molar-refractivity contribution < 1.29 is 9.47 Å². The van der Waals surface area contributed by atoms with Gasteiger partial charge in [-0.1, -0.05) is 18.2 Å². The number of hydrogen-bond donors (Lipinski definition) is 0. The molecule has 2 aromatic rings. The summed E-state index contributed by atoms with van der Waals surface area (Å²) in [5.41, 5.74) is 2.25. The van der Waals surface area contributed by atoms with Gasteiger partial charge in [-0.15, -0.1) is 0 Å². The van der Waals surface area contributed by atoms with Crippen molar-refractivity contribution in [3.63, 3.8) is 0 Å². The van der Waals surface area contributed by atoms with Crippen LogP contribution < -0.4 is 9.64 Å². The molecule has 6 nitrogen and oxygen atoms in total. The van der Waals surface area contributed by atoms with E-state index < -0.39 is 0 Å². The van der Waals surface area contributed by atoms with E-state index in [-0.39, 0.29) is 0 Å². The van der Waals surface area contributed by atoms with Gasteiger partial charge in [0.15, 0.2) is 0 Å². The molecule has 2 aliphatic heterocycles. The second-order valence-corrected chi connectivity index (χ2v) is 7.66. The van der Waals surface area contributed by atoms with E-state index in [1.54, 1.807) is 7.11 Å². The van der Waals surface area contributed by atoms with Gasteiger partial charge in [0.1, 0.15) is 5.75 Å². The fraction of sp³-hybridized carbons (Fsp3) is 0.545. The summed E-state index contributed by atoms with van der Waals surface area (Å²) >= 11 is 0. The van der Waals surface area contributed by atoms with Crippen LogP contribution in [-0.4, -0.2) is 54.3 Å². The lowest BCUT2D eigenvalue weighted by atomic mass is 10.1. The number of rotatable bonds is 8. The second-order valence-electron chi connectivity index (χ2n) is 7.66. The smallest absolute Gasteiger partial charge is 0.225 e. The maximum atomic E-state index is 5.91. The average Bonchev–Trinajstić information content (AvgIpc) is 3.43. The number of anilines is 1. The first kappa shape index (κ1) is 19.2. The van der Waals surface area contributed by atoms with E-state index in [2.05, 4.69) is 26.9 Å². The number of nitrogens with zero attached hydrogens (tertiary/aromatic N) is 4. The lowest BCUT2D eigenvalue weighted by Gasteiger charge is -2.26. The maximum Gasteiger partial charge on any atom is 0.225 e. The zero-order chi connectivity index (χ0) is 19.2. The molecule has 0 saturated carbocycles. The Morgan fingerprint density at radius 2 is 2.00 bits per heavy atom. The van der Waals surface area contributed by atoms with Crippen LogP contribution in [0.25, 0.3) is 0 Å². The molecule has 150 valence electrons. The fourth-order valence-electron chi connectivity index (χ4n) is 4.11. The third-order valence-corrected chi connectivity index (χ3v) is 5.55. The van der Waals surface area contributed by atoms with Gasteiger partial charge in [0, 0.05) is 51.1 Å². The molecule has 2 aliphatic rings. The Labute approximate surface area is 167 Å². The Morgan fingerprint density at radius 3 is 2.79 bits per heavy atom. The van der Waals surface area contributed by atoms with Gasteiger partial charge in [-0.2, -0.15) is 0 Å². The minimum absolute atomic E-state index is 0.301. The Balaban J connectivity index is 1.50. The molecule has 0 spiro atoms. The molecular weight excluding hydrogens is 352 g/mol. The minimum atomic E-state index is 0.301. The highest BCUT2D eigenvalue weighted by Gasteiger charge is 2.21. The minimum Gasteiger partial charge on any atom is -0.496 e. The van der Waals surface area contributed by atoms with Gasteiger partial charge in [-0.05, 0) is 37.8 Å². The topological polar surface area (TPSA) is 50.7 Å². The lowest BCUT2D eigenvalue weighted by Crippen LogP contribution is -2.32. The molecule has 3 heterocycles. The van der Waals surface area contributed by atoms with Gasteiger partial charge in [0.25, 0.3) is 0 Å². The van der Waals surface area contributed by atoms with Crippen molar-refractivity contribution in [2.75, 3.05) is 38.3 Å². The molecule has 6 heteroatoms. The summed E-state index contributed by atoms with van der Waals surface area (Å²) < 4.78 is 11.5. The third-order valence-electron chi connectivity index (χ3n) is 5.55. The van der Waals surface area contributed by atoms with Gasteiger partial charge in [-0.25, -0.2) is 9.97 Å². The van der Waals surface area contributed by atoms with Crippen molar-refractivity contribution in [2.45, 2.75) is 44.9 Å². The van der Waals surface area contributed by atoms with Gasteiger partial charge >= 0.3 is 0 Å². The van der Waals surface area contributed by atoms with Crippen LogP contribution in [0.4, 0.5) is 5.95 Å². The molecule has 1 aromatic carbocycles. The number of methoxy groups -OCH3 is 1. The SMILES string of the molecule is COc1ccccc1CN(Cc1ccnc(N2CCCC2)n1)C[C@@H]1CCCO1. The molecule has 0 aliphatic carbocycles. The van der Waals surface area contributed by atoms with Crippen molar-refractivity contribution >= 4 is 5.95 Å². The number of para-hydroxylation sites is 1. The maximum absolute atomic E-state index is 5.91. The zero-order valence-electron chi connectivity index (χ0n) is 16.7. The van der Waals surface area contributed by atoms with Crippen LogP contribution in [0.1, 0.15) is 36.9 Å². The molecule has 0 N–H and O–H groups in total. The Kier molecular flexibility index (Phi) is 6.39. The third kappa shape index (κ3) is 4.80. The highest BCUT2D eigenvalue weighted by Crippen LogP contribution is 2.23. The molecule has 0 bridgehead atoms. The summed E-state index contributed by atoms with van der Waals surface area (Å²) in [5, 5.41) is 0. The van der Waals surface area contributed by atoms with Gasteiger partial charge in [-0.3, -0.25) is 4.90 Å². The van der Waals surface area contributed by atoms with Crippen molar-refractivity contribution in [2.24, 2.45) is 0 Å². The molecular formula is C22H30N4O2. The van der Waals surface area contributed by atoms with E-state index in [0.29, 0.717) is 6.10 Å². The van der Waals surface area contributed by atoms with Crippen LogP contribution in [-0.2, 0) is 17.8 Å². The molecule has 1 atom stereocenters. The van der Waals surface area contributed by atoms with Gasteiger partial charge < -0.3 is 14.4 Å². The number of hydrogen-bond acceptors (Lipinski definition) is 6. The predicted molar refractivity (Wildman–Crippen MR) is 110 cm³/mol. The quantitative estimate of drug-likeness (QED) is 0.698. The molecule has 4 rings (SSSR count). The monoisotopic (exact) mass is 382 g/mol. The molecule has 0 unspecified atom stereocenters. The largest absolute Gasteiger partial charge is 0.496 e. The first-order chi connectivity index (χ1) is 13.8. The molecule has 1 aromatic heterocycles. The number of benzene rings is 1. The van der Waals surface area contributed by atoms with Crippen LogP contribution in [0, 0.1) is 0 Å². The molecule has 2 saturated heterocycles. The van der Waals surface area contributed by atoms with Gasteiger partial charge in [0.2, 0.25) is 5.95 Å².